The predicted molar refractivity (Wildman–Crippen MR) is 131 cm³/mol. The van der Waals surface area contributed by atoms with Gasteiger partial charge in [-0.3, -0.25) is 0 Å². The molecule has 5 rings (SSSR count). The van der Waals surface area contributed by atoms with Crippen molar-refractivity contribution in [3.63, 3.8) is 0 Å². The molecule has 1 atom stereocenters. The van der Waals surface area contributed by atoms with Crippen molar-refractivity contribution in [1.82, 2.24) is 0 Å². The summed E-state index contributed by atoms with van der Waals surface area (Å²) in [5.74, 6) is 0. The van der Waals surface area contributed by atoms with Gasteiger partial charge in [0.25, 0.3) is 0 Å². The van der Waals surface area contributed by atoms with E-state index in [1.165, 1.54) is 22.3 Å². The van der Waals surface area contributed by atoms with Crippen molar-refractivity contribution < 1.29 is 0 Å². The van der Waals surface area contributed by atoms with Crippen LogP contribution < -0.4 is 4.90 Å². The molecular weight excluding hydrogens is 388 g/mol. The highest BCUT2D eigenvalue weighted by Crippen LogP contribution is 2.44. The normalized spacial score (nSPS) is 14.2. The number of rotatable bonds is 5. The van der Waals surface area contributed by atoms with Crippen molar-refractivity contribution >= 4 is 11.8 Å². The van der Waals surface area contributed by atoms with Gasteiger partial charge in [-0.15, -0.1) is 0 Å². The van der Waals surface area contributed by atoms with Crippen molar-refractivity contribution in [3.05, 3.63) is 143 Å². The standard InChI is InChI=1S/C30H24N2/c1-22-20-23(21-31)16-18-28(22)32(29-19-17-24-10-8-9-15-27(24)29)30(25-11-4-2-5-12-25)26-13-6-3-7-14-26/h2-20,29-30H,1H3. The third kappa shape index (κ3) is 3.59. The van der Waals surface area contributed by atoms with Gasteiger partial charge in [0.2, 0.25) is 0 Å². The third-order valence-corrected chi connectivity index (χ3v) is 6.19. The van der Waals surface area contributed by atoms with Crippen molar-refractivity contribution in [3.8, 4) is 6.07 Å². The van der Waals surface area contributed by atoms with E-state index in [1.807, 2.05) is 12.1 Å². The van der Waals surface area contributed by atoms with Crippen LogP contribution in [-0.4, -0.2) is 0 Å². The average Bonchev–Trinajstić information content (AvgIpc) is 3.27. The van der Waals surface area contributed by atoms with Gasteiger partial charge in [-0.05, 0) is 52.9 Å². The Bertz CT molecular complexity index is 1260. The molecule has 0 aromatic heterocycles. The minimum absolute atomic E-state index is 0.0184. The maximum absolute atomic E-state index is 9.42. The summed E-state index contributed by atoms with van der Waals surface area (Å²) in [6.07, 6.45) is 4.51. The second-order valence-corrected chi connectivity index (χ2v) is 8.18. The quantitative estimate of drug-likeness (QED) is 0.346. The number of nitrogens with zero attached hydrogens (tertiary/aromatic N) is 2. The highest BCUT2D eigenvalue weighted by Gasteiger charge is 2.32. The zero-order valence-corrected chi connectivity index (χ0v) is 18.0. The van der Waals surface area contributed by atoms with Gasteiger partial charge in [-0.25, -0.2) is 0 Å². The van der Waals surface area contributed by atoms with Gasteiger partial charge >= 0.3 is 0 Å². The van der Waals surface area contributed by atoms with Crippen LogP contribution in [0.4, 0.5) is 5.69 Å². The third-order valence-electron chi connectivity index (χ3n) is 6.19. The Morgan fingerprint density at radius 1 is 0.781 bits per heavy atom. The number of hydrogen-bond acceptors (Lipinski definition) is 2. The van der Waals surface area contributed by atoms with E-state index in [9.17, 15) is 5.26 Å². The summed E-state index contributed by atoms with van der Waals surface area (Å²) in [4.78, 5) is 2.50. The number of aryl methyl sites for hydroxylation is 1. The number of hydrogen-bond donors (Lipinski definition) is 0. The van der Waals surface area contributed by atoms with Crippen LogP contribution in [0.15, 0.2) is 109 Å². The topological polar surface area (TPSA) is 27.0 Å². The molecule has 0 radical (unpaired) electrons. The maximum atomic E-state index is 9.42. The van der Waals surface area contributed by atoms with Crippen molar-refractivity contribution in [2.24, 2.45) is 0 Å². The lowest BCUT2D eigenvalue weighted by Crippen LogP contribution is -2.33. The predicted octanol–water partition coefficient (Wildman–Crippen LogP) is 7.23. The molecule has 0 N–H and O–H groups in total. The molecule has 4 aromatic rings. The first-order chi connectivity index (χ1) is 15.8. The lowest BCUT2D eigenvalue weighted by Gasteiger charge is -2.40. The largest absolute Gasteiger partial charge is 0.350 e. The van der Waals surface area contributed by atoms with Crippen LogP contribution in [0.2, 0.25) is 0 Å². The van der Waals surface area contributed by atoms with E-state index in [2.05, 4.69) is 121 Å². The molecule has 0 amide bonds. The van der Waals surface area contributed by atoms with Gasteiger partial charge in [0.05, 0.1) is 23.7 Å². The molecule has 0 saturated carbocycles. The monoisotopic (exact) mass is 412 g/mol. The van der Waals surface area contributed by atoms with Crippen LogP contribution in [0, 0.1) is 18.3 Å². The molecule has 154 valence electrons. The molecule has 0 fully saturated rings. The van der Waals surface area contributed by atoms with Gasteiger partial charge < -0.3 is 4.90 Å². The fourth-order valence-electron chi connectivity index (χ4n) is 4.72. The van der Waals surface area contributed by atoms with E-state index in [0.717, 1.165) is 11.3 Å². The molecule has 1 aliphatic carbocycles. The van der Waals surface area contributed by atoms with Crippen LogP contribution in [0.3, 0.4) is 0 Å². The van der Waals surface area contributed by atoms with E-state index >= 15 is 0 Å². The van der Waals surface area contributed by atoms with Gasteiger partial charge in [0, 0.05) is 5.69 Å². The molecule has 0 bridgehead atoms. The molecule has 2 nitrogen and oxygen atoms in total. The zero-order valence-electron chi connectivity index (χ0n) is 18.0. The lowest BCUT2D eigenvalue weighted by atomic mass is 9.92. The number of fused-ring (bicyclic) bond motifs is 1. The van der Waals surface area contributed by atoms with Crippen molar-refractivity contribution in [2.45, 2.75) is 19.0 Å². The van der Waals surface area contributed by atoms with E-state index < -0.39 is 0 Å². The van der Waals surface area contributed by atoms with Gasteiger partial charge in [-0.2, -0.15) is 5.26 Å². The summed E-state index contributed by atoms with van der Waals surface area (Å²) in [5, 5.41) is 9.42. The average molecular weight is 413 g/mol. The molecule has 4 aromatic carbocycles. The summed E-state index contributed by atoms with van der Waals surface area (Å²) in [6.45, 7) is 2.10. The van der Waals surface area contributed by atoms with Crippen molar-refractivity contribution in [1.29, 1.82) is 5.26 Å². The maximum Gasteiger partial charge on any atom is 0.0991 e. The number of benzene rings is 4. The Morgan fingerprint density at radius 2 is 1.41 bits per heavy atom. The highest BCUT2D eigenvalue weighted by atomic mass is 15.2. The Hall–Kier alpha value is -4.09. The molecule has 0 saturated heterocycles. The molecule has 0 heterocycles. The molecule has 0 spiro atoms. The Balaban J connectivity index is 1.75. The van der Waals surface area contributed by atoms with Gasteiger partial charge in [-0.1, -0.05) is 97.1 Å². The van der Waals surface area contributed by atoms with Crippen molar-refractivity contribution in [2.75, 3.05) is 4.90 Å². The SMILES string of the molecule is Cc1cc(C#N)ccc1N(C1C=Cc2ccccc21)C(c1ccccc1)c1ccccc1. The Labute approximate surface area is 189 Å². The Morgan fingerprint density at radius 3 is 2.03 bits per heavy atom. The number of nitriles is 1. The number of anilines is 1. The zero-order chi connectivity index (χ0) is 21.9. The van der Waals surface area contributed by atoms with Crippen LogP contribution in [0.5, 0.6) is 0 Å². The van der Waals surface area contributed by atoms with E-state index in [4.69, 9.17) is 0 Å². The molecule has 1 aliphatic rings. The second-order valence-electron chi connectivity index (χ2n) is 8.18. The minimum Gasteiger partial charge on any atom is -0.350 e. The van der Waals surface area contributed by atoms with Crippen LogP contribution in [0.1, 0.15) is 45.5 Å². The second kappa shape index (κ2) is 8.57. The van der Waals surface area contributed by atoms with E-state index in [0.29, 0.717) is 5.56 Å². The minimum atomic E-state index is 0.0184. The fraction of sp³-hybridized carbons (Fsp3) is 0.100. The smallest absolute Gasteiger partial charge is 0.0991 e. The molecule has 1 unspecified atom stereocenters. The summed E-state index contributed by atoms with van der Waals surface area (Å²) >= 11 is 0. The Kier molecular flexibility index (Phi) is 5.32. The molecular formula is C30H24N2. The fourth-order valence-corrected chi connectivity index (χ4v) is 4.72. The first kappa shape index (κ1) is 19.8. The van der Waals surface area contributed by atoms with Crippen LogP contribution >= 0.6 is 0 Å². The van der Waals surface area contributed by atoms with Gasteiger partial charge in [0.1, 0.15) is 0 Å². The molecule has 32 heavy (non-hydrogen) atoms. The van der Waals surface area contributed by atoms with Crippen LogP contribution in [0.25, 0.3) is 6.08 Å². The summed E-state index contributed by atoms with van der Waals surface area (Å²) in [5.41, 5.74) is 7.94. The summed E-state index contributed by atoms with van der Waals surface area (Å²) in [7, 11) is 0. The molecule has 0 aliphatic heterocycles. The van der Waals surface area contributed by atoms with E-state index in [-0.39, 0.29) is 12.1 Å². The first-order valence-corrected chi connectivity index (χ1v) is 10.9. The van der Waals surface area contributed by atoms with E-state index in [1.54, 1.807) is 0 Å². The lowest BCUT2D eigenvalue weighted by molar-refractivity contribution is 0.652. The highest BCUT2D eigenvalue weighted by molar-refractivity contribution is 5.69. The van der Waals surface area contributed by atoms with Gasteiger partial charge in [0.15, 0.2) is 0 Å². The van der Waals surface area contributed by atoms with Crippen LogP contribution in [-0.2, 0) is 0 Å². The first-order valence-electron chi connectivity index (χ1n) is 10.9. The summed E-state index contributed by atoms with van der Waals surface area (Å²) in [6, 6.07) is 38.4. The summed E-state index contributed by atoms with van der Waals surface area (Å²) < 4.78 is 0. The molecule has 2 heteroatoms.